The average molecular weight is 255 g/mol. The number of hydrogen-bond acceptors (Lipinski definition) is 5. The number of carbonyl (C=O) groups excluding carboxylic acids is 1. The van der Waals surface area contributed by atoms with Crippen molar-refractivity contribution in [3.8, 4) is 0 Å². The summed E-state index contributed by atoms with van der Waals surface area (Å²) in [4.78, 5) is 18.1. The number of thiazole rings is 1. The highest BCUT2D eigenvalue weighted by Gasteiger charge is 2.29. The molecule has 0 aliphatic heterocycles. The number of nitrogens with two attached hydrogens (primary N) is 1. The fourth-order valence-electron chi connectivity index (χ4n) is 1.92. The molecule has 0 radical (unpaired) electrons. The van der Waals surface area contributed by atoms with Crippen LogP contribution in [0.25, 0.3) is 0 Å². The molecular weight excluding hydrogens is 238 g/mol. The molecule has 1 aliphatic carbocycles. The number of anilines is 1. The van der Waals surface area contributed by atoms with Gasteiger partial charge in [-0.2, -0.15) is 0 Å². The van der Waals surface area contributed by atoms with E-state index in [1.807, 2.05) is 4.90 Å². The molecule has 0 bridgehead atoms. The van der Waals surface area contributed by atoms with Gasteiger partial charge in [-0.05, 0) is 25.7 Å². The van der Waals surface area contributed by atoms with Crippen LogP contribution in [0.5, 0.6) is 0 Å². The Morgan fingerprint density at radius 2 is 2.41 bits per heavy atom. The van der Waals surface area contributed by atoms with Crippen LogP contribution in [0.3, 0.4) is 0 Å². The molecule has 94 valence electrons. The van der Waals surface area contributed by atoms with E-state index in [0.717, 1.165) is 12.8 Å². The lowest BCUT2D eigenvalue weighted by Crippen LogP contribution is -2.45. The Balaban J connectivity index is 2.06. The van der Waals surface area contributed by atoms with Crippen LogP contribution in [0.1, 0.15) is 36.2 Å². The van der Waals surface area contributed by atoms with E-state index in [0.29, 0.717) is 29.8 Å². The van der Waals surface area contributed by atoms with E-state index >= 15 is 0 Å². The molecule has 2 rings (SSSR count). The molecule has 0 spiro atoms. The quantitative estimate of drug-likeness (QED) is 0.825. The Kier molecular flexibility index (Phi) is 3.96. The topological polar surface area (TPSA) is 79.5 Å². The SMILES string of the molecule is Nc1nc(C(=O)N(CCCO)C2CCC2)cs1. The highest BCUT2D eigenvalue weighted by molar-refractivity contribution is 7.13. The molecule has 1 aromatic rings. The van der Waals surface area contributed by atoms with Gasteiger partial charge >= 0.3 is 0 Å². The van der Waals surface area contributed by atoms with Crippen molar-refractivity contribution in [1.29, 1.82) is 0 Å². The minimum Gasteiger partial charge on any atom is -0.396 e. The molecule has 1 aromatic heterocycles. The van der Waals surface area contributed by atoms with Crippen molar-refractivity contribution in [2.24, 2.45) is 0 Å². The van der Waals surface area contributed by atoms with Crippen molar-refractivity contribution in [3.63, 3.8) is 0 Å². The second kappa shape index (κ2) is 5.46. The lowest BCUT2D eigenvalue weighted by molar-refractivity contribution is 0.0557. The molecule has 0 atom stereocenters. The lowest BCUT2D eigenvalue weighted by atomic mass is 9.91. The third-order valence-corrected chi connectivity index (χ3v) is 3.75. The smallest absolute Gasteiger partial charge is 0.273 e. The van der Waals surface area contributed by atoms with Crippen LogP contribution in [-0.4, -0.2) is 40.1 Å². The largest absolute Gasteiger partial charge is 0.396 e. The van der Waals surface area contributed by atoms with Crippen molar-refractivity contribution in [2.75, 3.05) is 18.9 Å². The van der Waals surface area contributed by atoms with Crippen molar-refractivity contribution in [2.45, 2.75) is 31.7 Å². The molecule has 0 unspecified atom stereocenters. The molecule has 0 aromatic carbocycles. The Morgan fingerprint density at radius 1 is 1.65 bits per heavy atom. The zero-order valence-electron chi connectivity index (χ0n) is 9.63. The molecule has 3 N–H and O–H groups in total. The number of rotatable bonds is 5. The summed E-state index contributed by atoms with van der Waals surface area (Å²) >= 11 is 1.28. The van der Waals surface area contributed by atoms with Crippen LogP contribution in [0.4, 0.5) is 5.13 Å². The van der Waals surface area contributed by atoms with Crippen LogP contribution in [-0.2, 0) is 0 Å². The van der Waals surface area contributed by atoms with Gasteiger partial charge in [0.2, 0.25) is 0 Å². The fourth-order valence-corrected chi connectivity index (χ4v) is 2.46. The van der Waals surface area contributed by atoms with Crippen LogP contribution >= 0.6 is 11.3 Å². The minimum atomic E-state index is -0.0592. The molecule has 5 nitrogen and oxygen atoms in total. The monoisotopic (exact) mass is 255 g/mol. The van der Waals surface area contributed by atoms with Crippen LogP contribution in [0.2, 0.25) is 0 Å². The maximum absolute atomic E-state index is 12.2. The van der Waals surface area contributed by atoms with Gasteiger partial charge in [0.15, 0.2) is 5.13 Å². The van der Waals surface area contributed by atoms with E-state index in [4.69, 9.17) is 10.8 Å². The van der Waals surface area contributed by atoms with Crippen LogP contribution in [0.15, 0.2) is 5.38 Å². The third kappa shape index (κ3) is 2.76. The minimum absolute atomic E-state index is 0.0592. The number of carbonyl (C=O) groups is 1. The van der Waals surface area contributed by atoms with Gasteiger partial charge in [-0.25, -0.2) is 4.98 Å². The molecule has 1 heterocycles. The Hall–Kier alpha value is -1.14. The number of aliphatic hydroxyl groups is 1. The molecule has 1 fully saturated rings. The molecule has 6 heteroatoms. The van der Waals surface area contributed by atoms with E-state index in [-0.39, 0.29) is 12.5 Å². The Morgan fingerprint density at radius 3 is 2.88 bits per heavy atom. The first-order valence-electron chi connectivity index (χ1n) is 5.85. The predicted octanol–water partition coefficient (Wildman–Crippen LogP) is 1.10. The number of amides is 1. The summed E-state index contributed by atoms with van der Waals surface area (Å²) in [6.07, 6.45) is 3.89. The van der Waals surface area contributed by atoms with Gasteiger partial charge in [-0.3, -0.25) is 4.79 Å². The van der Waals surface area contributed by atoms with E-state index < -0.39 is 0 Å². The van der Waals surface area contributed by atoms with Gasteiger partial charge in [0.05, 0.1) is 0 Å². The van der Waals surface area contributed by atoms with Crippen molar-refractivity contribution in [1.82, 2.24) is 9.88 Å². The second-order valence-corrected chi connectivity index (χ2v) is 5.12. The maximum Gasteiger partial charge on any atom is 0.273 e. The van der Waals surface area contributed by atoms with Crippen LogP contribution < -0.4 is 5.73 Å². The van der Waals surface area contributed by atoms with Crippen LogP contribution in [0, 0.1) is 0 Å². The number of aliphatic hydroxyl groups excluding tert-OH is 1. The first kappa shape index (κ1) is 12.3. The Labute approximate surface area is 104 Å². The fraction of sp³-hybridized carbons (Fsp3) is 0.636. The summed E-state index contributed by atoms with van der Waals surface area (Å²) in [6, 6.07) is 0.317. The summed E-state index contributed by atoms with van der Waals surface area (Å²) in [7, 11) is 0. The maximum atomic E-state index is 12.2. The zero-order chi connectivity index (χ0) is 12.3. The van der Waals surface area contributed by atoms with Gasteiger partial charge in [-0.1, -0.05) is 0 Å². The summed E-state index contributed by atoms with van der Waals surface area (Å²) < 4.78 is 0. The standard InChI is InChI=1S/C11H17N3O2S/c12-11-13-9(7-17-11)10(16)14(5-2-6-15)8-3-1-4-8/h7-8,15H,1-6H2,(H2,12,13). The summed E-state index contributed by atoms with van der Waals surface area (Å²) in [5, 5.41) is 11.0. The second-order valence-electron chi connectivity index (χ2n) is 4.23. The van der Waals surface area contributed by atoms with Gasteiger partial charge in [0.25, 0.3) is 5.91 Å². The average Bonchev–Trinajstić information content (AvgIpc) is 2.67. The molecule has 0 saturated heterocycles. The van der Waals surface area contributed by atoms with E-state index in [1.165, 1.54) is 17.8 Å². The van der Waals surface area contributed by atoms with Gasteiger partial charge in [-0.15, -0.1) is 11.3 Å². The normalized spacial score (nSPS) is 15.6. The summed E-state index contributed by atoms with van der Waals surface area (Å²) in [5.41, 5.74) is 5.96. The molecular formula is C11H17N3O2S. The third-order valence-electron chi connectivity index (χ3n) is 3.07. The molecule has 1 saturated carbocycles. The first-order chi connectivity index (χ1) is 8.22. The molecule has 1 aliphatic rings. The number of nitrogen functional groups attached to an aromatic ring is 1. The van der Waals surface area contributed by atoms with E-state index in [9.17, 15) is 4.79 Å². The summed E-state index contributed by atoms with van der Waals surface area (Å²) in [5.74, 6) is -0.0592. The highest BCUT2D eigenvalue weighted by atomic mass is 32.1. The number of aromatic nitrogens is 1. The summed E-state index contributed by atoms with van der Waals surface area (Å²) in [6.45, 7) is 0.702. The van der Waals surface area contributed by atoms with Gasteiger partial charge in [0, 0.05) is 24.6 Å². The van der Waals surface area contributed by atoms with Crippen molar-refractivity contribution in [3.05, 3.63) is 11.1 Å². The van der Waals surface area contributed by atoms with Gasteiger partial charge in [0.1, 0.15) is 5.69 Å². The predicted molar refractivity (Wildman–Crippen MR) is 66.9 cm³/mol. The van der Waals surface area contributed by atoms with E-state index in [1.54, 1.807) is 5.38 Å². The highest BCUT2D eigenvalue weighted by Crippen LogP contribution is 2.26. The number of hydrogen-bond donors (Lipinski definition) is 2. The first-order valence-corrected chi connectivity index (χ1v) is 6.73. The van der Waals surface area contributed by atoms with E-state index in [2.05, 4.69) is 4.98 Å². The molecule has 17 heavy (non-hydrogen) atoms. The lowest BCUT2D eigenvalue weighted by Gasteiger charge is -2.37. The van der Waals surface area contributed by atoms with Crippen molar-refractivity contribution < 1.29 is 9.90 Å². The van der Waals surface area contributed by atoms with Crippen molar-refractivity contribution >= 4 is 22.4 Å². The zero-order valence-corrected chi connectivity index (χ0v) is 10.4. The Bertz CT molecular complexity index is 390. The number of nitrogens with zero attached hydrogens (tertiary/aromatic N) is 2. The van der Waals surface area contributed by atoms with Gasteiger partial charge < -0.3 is 15.7 Å². The molecule has 1 amide bonds.